The van der Waals surface area contributed by atoms with Gasteiger partial charge in [-0.1, -0.05) is 48.2 Å². The zero-order valence-corrected chi connectivity index (χ0v) is 21.0. The molecule has 0 fully saturated rings. The minimum Gasteiger partial charge on any atom is -0.350 e. The predicted octanol–water partition coefficient (Wildman–Crippen LogP) is 5.54. The first-order valence-electron chi connectivity index (χ1n) is 11.2. The minimum atomic E-state index is -0.851. The Morgan fingerprint density at radius 1 is 1.11 bits per heavy atom. The third-order valence-electron chi connectivity index (χ3n) is 6.18. The van der Waals surface area contributed by atoms with E-state index in [1.807, 2.05) is 61.8 Å². The van der Waals surface area contributed by atoms with Crippen molar-refractivity contribution in [2.45, 2.75) is 22.5 Å². The van der Waals surface area contributed by atoms with Crippen molar-refractivity contribution in [3.05, 3.63) is 89.7 Å². The highest BCUT2D eigenvalue weighted by atomic mass is 32.2. The second-order valence-electron chi connectivity index (χ2n) is 8.30. The van der Waals surface area contributed by atoms with Crippen LogP contribution in [-0.4, -0.2) is 28.4 Å². The molecule has 8 heteroatoms. The number of halogens is 1. The largest absolute Gasteiger partial charge is 0.350 e. The highest BCUT2D eigenvalue weighted by Crippen LogP contribution is 2.43. The van der Waals surface area contributed by atoms with Crippen LogP contribution in [0.2, 0.25) is 0 Å². The van der Waals surface area contributed by atoms with E-state index in [9.17, 15) is 14.0 Å². The molecular formula is C27H24FN3O2S2. The maximum absolute atomic E-state index is 13.9. The molecule has 0 saturated heterocycles. The van der Waals surface area contributed by atoms with Crippen molar-refractivity contribution in [1.29, 1.82) is 0 Å². The van der Waals surface area contributed by atoms with Crippen LogP contribution in [0.3, 0.4) is 0 Å². The molecule has 0 spiro atoms. The van der Waals surface area contributed by atoms with Gasteiger partial charge in [0.05, 0.1) is 10.8 Å². The first-order chi connectivity index (χ1) is 17.0. The number of nitrogens with one attached hydrogen (secondary N) is 1. The molecule has 0 radical (unpaired) electrons. The number of fused-ring (bicyclic) bond motifs is 3. The van der Waals surface area contributed by atoms with E-state index in [0.717, 1.165) is 32.0 Å². The molecule has 178 valence electrons. The van der Waals surface area contributed by atoms with Crippen molar-refractivity contribution in [3.63, 3.8) is 0 Å². The normalized spacial score (nSPS) is 15.7. The third-order valence-corrected chi connectivity index (χ3v) is 8.07. The number of benzene rings is 3. The number of para-hydroxylation sites is 1. The number of hydrogen-bond donors (Lipinski definition) is 1. The summed E-state index contributed by atoms with van der Waals surface area (Å²) < 4.78 is 15.4. The lowest BCUT2D eigenvalue weighted by Gasteiger charge is -2.30. The van der Waals surface area contributed by atoms with Crippen LogP contribution in [0.1, 0.15) is 17.2 Å². The molecule has 1 aromatic heterocycles. The fourth-order valence-electron chi connectivity index (χ4n) is 4.50. The first kappa shape index (κ1) is 23.5. The second kappa shape index (κ2) is 9.79. The Morgan fingerprint density at radius 2 is 1.89 bits per heavy atom. The highest BCUT2D eigenvalue weighted by Gasteiger charge is 2.39. The van der Waals surface area contributed by atoms with Crippen LogP contribution in [0.25, 0.3) is 10.9 Å². The molecule has 0 unspecified atom stereocenters. The molecule has 1 aliphatic heterocycles. The van der Waals surface area contributed by atoms with Gasteiger partial charge in [0.2, 0.25) is 11.8 Å². The molecule has 1 N–H and O–H groups in total. The zero-order chi connectivity index (χ0) is 24.5. The molecule has 1 aliphatic rings. The molecule has 0 bridgehead atoms. The van der Waals surface area contributed by atoms with Crippen LogP contribution in [0.5, 0.6) is 0 Å². The van der Waals surface area contributed by atoms with E-state index in [1.54, 1.807) is 28.8 Å². The monoisotopic (exact) mass is 505 g/mol. The van der Waals surface area contributed by atoms with Gasteiger partial charge >= 0.3 is 0 Å². The van der Waals surface area contributed by atoms with Crippen molar-refractivity contribution in [2.24, 2.45) is 7.05 Å². The lowest BCUT2D eigenvalue weighted by molar-refractivity contribution is -0.125. The summed E-state index contributed by atoms with van der Waals surface area (Å²) in [5, 5.41) is 4.85. The van der Waals surface area contributed by atoms with Crippen molar-refractivity contribution in [1.82, 2.24) is 9.88 Å². The van der Waals surface area contributed by atoms with E-state index in [4.69, 9.17) is 0 Å². The van der Waals surface area contributed by atoms with Crippen LogP contribution in [0, 0.1) is 5.82 Å². The summed E-state index contributed by atoms with van der Waals surface area (Å²) in [5.74, 6) is -0.512. The number of rotatable bonds is 5. The summed E-state index contributed by atoms with van der Waals surface area (Å²) >= 11 is 3.05. The summed E-state index contributed by atoms with van der Waals surface area (Å²) in [6.45, 7) is 0.232. The van der Waals surface area contributed by atoms with Gasteiger partial charge < -0.3 is 9.88 Å². The molecule has 35 heavy (non-hydrogen) atoms. The molecular weight excluding hydrogens is 481 g/mol. The van der Waals surface area contributed by atoms with E-state index in [2.05, 4.69) is 9.88 Å². The Morgan fingerprint density at radius 3 is 2.66 bits per heavy atom. The van der Waals surface area contributed by atoms with Crippen molar-refractivity contribution < 1.29 is 14.0 Å². The number of carbonyl (C=O) groups excluding carboxylic acids is 2. The van der Waals surface area contributed by atoms with Crippen LogP contribution in [0.4, 0.5) is 10.1 Å². The molecule has 0 aliphatic carbocycles. The van der Waals surface area contributed by atoms with Crippen molar-refractivity contribution in [3.8, 4) is 0 Å². The number of amides is 2. The molecule has 5 rings (SSSR count). The van der Waals surface area contributed by atoms with Gasteiger partial charge in [-0.15, -0.1) is 11.8 Å². The Bertz CT molecular complexity index is 1420. The number of thioether (sulfide) groups is 2. The Balaban J connectivity index is 1.64. The SMILES string of the molecule is CSc1cccc(N2C(=O)CSc3c(c4ccccc4n3C)[C@H]2C(=O)NCc2ccc(F)cc2)c1. The topological polar surface area (TPSA) is 54.3 Å². The molecule has 1 atom stereocenters. The predicted molar refractivity (Wildman–Crippen MR) is 140 cm³/mol. The fourth-order valence-corrected chi connectivity index (χ4v) is 6.02. The van der Waals surface area contributed by atoms with Gasteiger partial charge in [-0.2, -0.15) is 0 Å². The number of aromatic nitrogens is 1. The standard InChI is InChI=1S/C27H24FN3O2S2/c1-30-22-9-4-3-8-21(22)24-25(26(33)29-15-17-10-12-18(28)13-11-17)31(23(32)16-35-27(24)30)19-6-5-7-20(14-19)34-2/h3-14,25H,15-16H2,1-2H3,(H,29,33)/t25-/m0/s1. The number of carbonyl (C=O) groups is 2. The van der Waals surface area contributed by atoms with Gasteiger partial charge in [-0.05, 0) is 48.2 Å². The Kier molecular flexibility index (Phi) is 6.58. The van der Waals surface area contributed by atoms with Gasteiger partial charge in [0.15, 0.2) is 0 Å². The summed E-state index contributed by atoms with van der Waals surface area (Å²) in [7, 11) is 1.97. The highest BCUT2D eigenvalue weighted by molar-refractivity contribution is 8.00. The Hall–Kier alpha value is -3.23. The summed E-state index contributed by atoms with van der Waals surface area (Å²) in [6.07, 6.45) is 1.98. The third kappa shape index (κ3) is 4.44. The number of anilines is 1. The van der Waals surface area contributed by atoms with Gasteiger partial charge in [-0.3, -0.25) is 14.5 Å². The van der Waals surface area contributed by atoms with Crippen LogP contribution < -0.4 is 10.2 Å². The van der Waals surface area contributed by atoms with Crippen LogP contribution in [-0.2, 0) is 23.2 Å². The molecule has 2 heterocycles. The van der Waals surface area contributed by atoms with E-state index in [-0.39, 0.29) is 29.9 Å². The lowest BCUT2D eigenvalue weighted by Crippen LogP contribution is -2.43. The summed E-state index contributed by atoms with van der Waals surface area (Å²) in [6, 6.07) is 20.8. The smallest absolute Gasteiger partial charge is 0.248 e. The van der Waals surface area contributed by atoms with E-state index in [1.165, 1.54) is 23.9 Å². The van der Waals surface area contributed by atoms with Gasteiger partial charge in [0.1, 0.15) is 11.9 Å². The first-order valence-corrected chi connectivity index (χ1v) is 13.4. The molecule has 4 aromatic rings. The maximum atomic E-state index is 13.9. The van der Waals surface area contributed by atoms with Crippen molar-refractivity contribution in [2.75, 3.05) is 16.9 Å². The average Bonchev–Trinajstić information content (AvgIpc) is 3.05. The number of nitrogens with zero attached hydrogens (tertiary/aromatic N) is 2. The minimum absolute atomic E-state index is 0.129. The lowest BCUT2D eigenvalue weighted by atomic mass is 10.0. The average molecular weight is 506 g/mol. The van der Waals surface area contributed by atoms with Gasteiger partial charge in [0.25, 0.3) is 0 Å². The quantitative estimate of drug-likeness (QED) is 0.362. The van der Waals surface area contributed by atoms with E-state index < -0.39 is 6.04 Å². The van der Waals surface area contributed by atoms with Crippen molar-refractivity contribution >= 4 is 51.9 Å². The van der Waals surface area contributed by atoms with Crippen LogP contribution in [0.15, 0.2) is 82.7 Å². The van der Waals surface area contributed by atoms with E-state index >= 15 is 0 Å². The number of aryl methyl sites for hydroxylation is 1. The van der Waals surface area contributed by atoms with E-state index in [0.29, 0.717) is 5.69 Å². The molecule has 3 aromatic carbocycles. The molecule has 0 saturated carbocycles. The summed E-state index contributed by atoms with van der Waals surface area (Å²) in [5.41, 5.74) is 3.30. The second-order valence-corrected chi connectivity index (χ2v) is 10.1. The maximum Gasteiger partial charge on any atom is 0.248 e. The van der Waals surface area contributed by atoms with Gasteiger partial charge in [-0.25, -0.2) is 4.39 Å². The molecule has 2 amide bonds. The molecule has 5 nitrogen and oxygen atoms in total. The van der Waals surface area contributed by atoms with Crippen LogP contribution >= 0.6 is 23.5 Å². The fraction of sp³-hybridized carbons (Fsp3) is 0.185. The summed E-state index contributed by atoms with van der Waals surface area (Å²) in [4.78, 5) is 30.0. The number of hydrogen-bond acceptors (Lipinski definition) is 4. The Labute approximate surface area is 211 Å². The zero-order valence-electron chi connectivity index (χ0n) is 19.3. The van der Waals surface area contributed by atoms with Gasteiger partial charge in [0, 0.05) is 40.6 Å².